The molecule has 198 valence electrons. The summed E-state index contributed by atoms with van der Waals surface area (Å²) in [5.41, 5.74) is 1.80. The molecule has 3 N–H and O–H groups in total. The van der Waals surface area contributed by atoms with E-state index in [0.717, 1.165) is 43.9 Å². The Morgan fingerprint density at radius 2 is 1.97 bits per heavy atom. The first-order valence-corrected chi connectivity index (χ1v) is 12.7. The van der Waals surface area contributed by atoms with Crippen molar-refractivity contribution in [3.05, 3.63) is 83.4 Å². The molecule has 4 rings (SSSR count). The van der Waals surface area contributed by atoms with Crippen molar-refractivity contribution in [3.8, 4) is 0 Å². The number of carboxylic acids is 1. The highest BCUT2D eigenvalue weighted by atomic mass is 16.5. The van der Waals surface area contributed by atoms with E-state index in [2.05, 4.69) is 20.2 Å². The highest BCUT2D eigenvalue weighted by Gasteiger charge is 2.22. The van der Waals surface area contributed by atoms with Crippen LogP contribution in [0.4, 0.5) is 11.5 Å². The zero-order valence-corrected chi connectivity index (χ0v) is 21.3. The summed E-state index contributed by atoms with van der Waals surface area (Å²) < 4.78 is 5.93. The molecule has 9 nitrogen and oxygen atoms in total. The van der Waals surface area contributed by atoms with Crippen molar-refractivity contribution in [2.24, 2.45) is 10.9 Å². The topological polar surface area (TPSA) is 124 Å². The number of nitrogens with one attached hydrogen (secondary N) is 1. The second kappa shape index (κ2) is 12.7. The highest BCUT2D eigenvalue weighted by molar-refractivity contribution is 6.04. The third-order valence-electron chi connectivity index (χ3n) is 6.53. The molecule has 1 fully saturated rings. The van der Waals surface area contributed by atoms with Gasteiger partial charge in [0, 0.05) is 36.9 Å². The first-order valence-electron chi connectivity index (χ1n) is 12.7. The van der Waals surface area contributed by atoms with Gasteiger partial charge in [-0.15, -0.1) is 0 Å². The molecule has 0 atom stereocenters. The summed E-state index contributed by atoms with van der Waals surface area (Å²) in [7, 11) is 0. The fraction of sp³-hybridized carbons (Fsp3) is 0.310. The molecule has 1 aromatic heterocycles. The summed E-state index contributed by atoms with van der Waals surface area (Å²) in [6, 6.07) is 10.4. The van der Waals surface area contributed by atoms with Gasteiger partial charge in [-0.3, -0.25) is 9.79 Å². The van der Waals surface area contributed by atoms with Crippen molar-refractivity contribution in [1.82, 2.24) is 4.98 Å². The van der Waals surface area contributed by atoms with Gasteiger partial charge in [0.2, 0.25) is 0 Å². The van der Waals surface area contributed by atoms with Crippen LogP contribution in [0.25, 0.3) is 5.76 Å². The van der Waals surface area contributed by atoms with Gasteiger partial charge in [-0.05, 0) is 62.4 Å². The molecular formula is C29H32N4O5. The maximum atomic E-state index is 12.7. The lowest BCUT2D eigenvalue weighted by Gasteiger charge is -2.33. The number of allylic oxidation sites excluding steroid dienone is 2. The molecule has 0 bridgehead atoms. The third-order valence-corrected chi connectivity index (χ3v) is 6.53. The molecule has 0 radical (unpaired) electrons. The van der Waals surface area contributed by atoms with Crippen LogP contribution in [0.5, 0.6) is 0 Å². The second-order valence-corrected chi connectivity index (χ2v) is 9.22. The molecule has 9 heteroatoms. The standard InChI is InChI=1S/C29H32N4O5/c1-2-30-18-26(34)21-5-3-6-22(15-21)28(35)32-24-9-10-27(31-17-24)33-13-11-20(12-14-33)19-38-25-8-4-7-23(16-25)29(36)37/h2-3,5-7,9-10,15-18,20,34H,4,8,11-14,19H2,1H3,(H,32,35)(H,36,37)/b26-18-,30-2?. The van der Waals surface area contributed by atoms with Gasteiger partial charge in [0.05, 0.1) is 36.0 Å². The van der Waals surface area contributed by atoms with Gasteiger partial charge in [0.15, 0.2) is 0 Å². The van der Waals surface area contributed by atoms with Crippen molar-refractivity contribution in [3.63, 3.8) is 0 Å². The first-order chi connectivity index (χ1) is 18.4. The minimum atomic E-state index is -0.919. The highest BCUT2D eigenvalue weighted by Crippen LogP contribution is 2.25. The van der Waals surface area contributed by atoms with Crippen LogP contribution in [0.1, 0.15) is 48.5 Å². The Kier molecular flexibility index (Phi) is 8.92. The van der Waals surface area contributed by atoms with Crippen LogP contribution in [0, 0.1) is 5.92 Å². The number of pyridine rings is 1. The van der Waals surface area contributed by atoms with Crippen molar-refractivity contribution in [2.75, 3.05) is 29.9 Å². The number of benzene rings is 1. The minimum Gasteiger partial charge on any atom is -0.506 e. The molecule has 0 unspecified atom stereocenters. The molecule has 0 saturated carbocycles. The van der Waals surface area contributed by atoms with Gasteiger partial charge >= 0.3 is 5.97 Å². The third kappa shape index (κ3) is 7.09. The van der Waals surface area contributed by atoms with Crippen LogP contribution in [0.2, 0.25) is 0 Å². The van der Waals surface area contributed by atoms with E-state index < -0.39 is 5.97 Å². The molecule has 2 aromatic rings. The number of hydrogen-bond acceptors (Lipinski definition) is 7. The number of aliphatic hydroxyl groups excluding tert-OH is 1. The van der Waals surface area contributed by atoms with Gasteiger partial charge in [-0.1, -0.05) is 18.2 Å². The quantitative estimate of drug-likeness (QED) is 0.309. The Labute approximate surface area is 221 Å². The molecule has 1 amide bonds. The van der Waals surface area contributed by atoms with Crippen molar-refractivity contribution < 1.29 is 24.5 Å². The van der Waals surface area contributed by atoms with Crippen LogP contribution >= 0.6 is 0 Å². The largest absolute Gasteiger partial charge is 0.506 e. The maximum Gasteiger partial charge on any atom is 0.335 e. The Balaban J connectivity index is 1.27. The fourth-order valence-corrected chi connectivity index (χ4v) is 4.38. The summed E-state index contributed by atoms with van der Waals surface area (Å²) in [6.45, 7) is 4.03. The number of rotatable bonds is 9. The number of aliphatic carboxylic acids is 1. The zero-order chi connectivity index (χ0) is 26.9. The number of aromatic nitrogens is 1. The second-order valence-electron chi connectivity index (χ2n) is 9.22. The molecule has 38 heavy (non-hydrogen) atoms. The molecule has 2 aliphatic rings. The lowest BCUT2D eigenvalue weighted by Crippen LogP contribution is -2.35. The van der Waals surface area contributed by atoms with E-state index in [1.165, 1.54) is 6.20 Å². The Morgan fingerprint density at radius 3 is 2.68 bits per heavy atom. The number of ether oxygens (including phenoxy) is 1. The van der Waals surface area contributed by atoms with E-state index in [-0.39, 0.29) is 11.7 Å². The van der Waals surface area contributed by atoms with Gasteiger partial charge < -0.3 is 25.2 Å². The Morgan fingerprint density at radius 1 is 1.18 bits per heavy atom. The van der Waals surface area contributed by atoms with Crippen LogP contribution in [-0.4, -0.2) is 53.0 Å². The van der Waals surface area contributed by atoms with Gasteiger partial charge in [0.25, 0.3) is 5.91 Å². The number of anilines is 2. The summed E-state index contributed by atoms with van der Waals surface area (Å²) in [5.74, 6) is 0.767. The van der Waals surface area contributed by atoms with Crippen molar-refractivity contribution in [1.29, 1.82) is 0 Å². The molecule has 1 aromatic carbocycles. The maximum absolute atomic E-state index is 12.7. The summed E-state index contributed by atoms with van der Waals surface area (Å²) in [6.07, 6.45) is 11.2. The number of aliphatic hydroxyl groups is 1. The van der Waals surface area contributed by atoms with Crippen LogP contribution in [-0.2, 0) is 9.53 Å². The smallest absolute Gasteiger partial charge is 0.335 e. The number of nitrogens with zero attached hydrogens (tertiary/aromatic N) is 3. The lowest BCUT2D eigenvalue weighted by atomic mass is 9.97. The Hall–Kier alpha value is -4.40. The van der Waals surface area contributed by atoms with Gasteiger partial charge in [-0.25, -0.2) is 9.78 Å². The number of piperidine rings is 1. The molecule has 2 heterocycles. The summed E-state index contributed by atoms with van der Waals surface area (Å²) in [4.78, 5) is 34.5. The fourth-order valence-electron chi connectivity index (χ4n) is 4.38. The van der Waals surface area contributed by atoms with Crippen LogP contribution in [0.3, 0.4) is 0 Å². The van der Waals surface area contributed by atoms with Gasteiger partial charge in [-0.2, -0.15) is 0 Å². The average molecular weight is 517 g/mol. The van der Waals surface area contributed by atoms with E-state index in [0.29, 0.717) is 41.3 Å². The molecule has 1 aliphatic heterocycles. The number of amides is 1. The average Bonchev–Trinajstić information content (AvgIpc) is 2.95. The van der Waals surface area contributed by atoms with E-state index in [1.807, 2.05) is 12.1 Å². The Bertz CT molecular complexity index is 1270. The lowest BCUT2D eigenvalue weighted by molar-refractivity contribution is -0.132. The predicted molar refractivity (Wildman–Crippen MR) is 147 cm³/mol. The minimum absolute atomic E-state index is 0.0188. The van der Waals surface area contributed by atoms with Gasteiger partial charge in [0.1, 0.15) is 11.6 Å². The molecule has 1 saturated heterocycles. The van der Waals surface area contributed by atoms with E-state index >= 15 is 0 Å². The number of carboxylic acid groups (broad SMARTS) is 1. The van der Waals surface area contributed by atoms with Crippen molar-refractivity contribution in [2.45, 2.75) is 32.6 Å². The molecule has 0 spiro atoms. The normalized spacial score (nSPS) is 16.7. The van der Waals surface area contributed by atoms with E-state index in [9.17, 15) is 14.7 Å². The molecule has 1 aliphatic carbocycles. The molecular weight excluding hydrogens is 484 g/mol. The summed E-state index contributed by atoms with van der Waals surface area (Å²) >= 11 is 0. The number of hydrogen-bond donors (Lipinski definition) is 3. The number of aliphatic imine (C=N–C) groups is 1. The predicted octanol–water partition coefficient (Wildman–Crippen LogP) is 5.20. The van der Waals surface area contributed by atoms with E-state index in [4.69, 9.17) is 9.84 Å². The van der Waals surface area contributed by atoms with Crippen molar-refractivity contribution >= 4 is 35.4 Å². The van der Waals surface area contributed by atoms with E-state index in [1.54, 1.807) is 55.8 Å². The van der Waals surface area contributed by atoms with Crippen LogP contribution < -0.4 is 10.2 Å². The number of carbonyl (C=O) groups excluding carboxylic acids is 1. The van der Waals surface area contributed by atoms with Crippen LogP contribution in [0.15, 0.2) is 77.3 Å². The summed E-state index contributed by atoms with van der Waals surface area (Å²) in [5, 5.41) is 22.1. The SMILES string of the molecule is CC=N/C=C(\O)c1cccc(C(=O)Nc2ccc(N3CCC(COC4=CC(C(=O)O)=CCC4)CC3)nc2)c1. The number of carbonyl (C=O) groups is 2. The zero-order valence-electron chi connectivity index (χ0n) is 21.3. The monoisotopic (exact) mass is 516 g/mol. The first kappa shape index (κ1) is 26.7.